The summed E-state index contributed by atoms with van der Waals surface area (Å²) in [6, 6.07) is 11.6. The van der Waals surface area contributed by atoms with Crippen molar-refractivity contribution in [3.05, 3.63) is 59.2 Å². The number of anilines is 1. The first kappa shape index (κ1) is 19.1. The van der Waals surface area contributed by atoms with Gasteiger partial charge >= 0.3 is 0 Å². The lowest BCUT2D eigenvalue weighted by Crippen LogP contribution is -2.27. The predicted octanol–water partition coefficient (Wildman–Crippen LogP) is 2.49. The van der Waals surface area contributed by atoms with Gasteiger partial charge in [0.1, 0.15) is 0 Å². The first-order valence-corrected chi connectivity index (χ1v) is 10.6. The maximum absolute atomic E-state index is 12.6. The van der Waals surface area contributed by atoms with Crippen molar-refractivity contribution in [2.75, 3.05) is 17.7 Å². The molecule has 0 spiro atoms. The molecule has 27 heavy (non-hydrogen) atoms. The number of benzene rings is 2. The number of rotatable bonds is 4. The Morgan fingerprint density at radius 3 is 2.37 bits per heavy atom. The minimum atomic E-state index is -3.24. The molecule has 0 saturated carbocycles. The molecular formula is C20H22N2O4S. The minimum absolute atomic E-state index is 0.00267. The van der Waals surface area contributed by atoms with Crippen LogP contribution in [0.15, 0.2) is 47.4 Å². The van der Waals surface area contributed by atoms with E-state index >= 15 is 0 Å². The molecule has 1 aliphatic rings. The number of nitrogens with one attached hydrogen (secondary N) is 1. The van der Waals surface area contributed by atoms with E-state index < -0.39 is 9.84 Å². The highest BCUT2D eigenvalue weighted by Crippen LogP contribution is 2.29. The van der Waals surface area contributed by atoms with Gasteiger partial charge in [0.2, 0.25) is 5.91 Å². The van der Waals surface area contributed by atoms with E-state index in [1.54, 1.807) is 35.2 Å². The molecule has 1 N–H and O–H groups in total. The predicted molar refractivity (Wildman–Crippen MR) is 104 cm³/mol. The lowest BCUT2D eigenvalue weighted by molar-refractivity contribution is -0.116. The van der Waals surface area contributed by atoms with Gasteiger partial charge in [0, 0.05) is 31.0 Å². The normalized spacial score (nSPS) is 14.6. The number of fused-ring (bicyclic) bond motifs is 1. The number of carbonyl (C=O) groups is 2. The molecule has 2 aromatic rings. The van der Waals surface area contributed by atoms with Crippen LogP contribution in [0.1, 0.15) is 41.4 Å². The zero-order valence-electron chi connectivity index (χ0n) is 15.5. The third-order valence-electron chi connectivity index (χ3n) is 4.77. The van der Waals surface area contributed by atoms with Crippen LogP contribution < -0.4 is 10.2 Å². The Labute approximate surface area is 159 Å². The Morgan fingerprint density at radius 2 is 1.78 bits per heavy atom. The molecule has 1 unspecified atom stereocenters. The fourth-order valence-corrected chi connectivity index (χ4v) is 3.87. The van der Waals surface area contributed by atoms with Crippen molar-refractivity contribution < 1.29 is 18.0 Å². The monoisotopic (exact) mass is 386 g/mol. The van der Waals surface area contributed by atoms with Crippen molar-refractivity contribution in [2.45, 2.75) is 31.2 Å². The molecule has 0 fully saturated rings. The standard InChI is InChI=1S/C20H22N2O4S/c1-13(15-4-7-18(8-5-15)27(3,25)26)21-20(24)17-6-9-19-16(12-17)10-11-22(19)14(2)23/h4-9,12-13H,10-11H2,1-3H3,(H,21,24). The highest BCUT2D eigenvalue weighted by atomic mass is 32.2. The Kier molecular flexibility index (Phi) is 5.06. The number of amides is 2. The SMILES string of the molecule is CC(=O)N1CCc2cc(C(=O)NC(C)c3ccc(S(C)(=O)=O)cc3)ccc21. The summed E-state index contributed by atoms with van der Waals surface area (Å²) in [5.41, 5.74) is 3.21. The smallest absolute Gasteiger partial charge is 0.251 e. The highest BCUT2D eigenvalue weighted by Gasteiger charge is 2.23. The van der Waals surface area contributed by atoms with Crippen LogP contribution in [0.25, 0.3) is 0 Å². The molecule has 2 amide bonds. The maximum Gasteiger partial charge on any atom is 0.251 e. The summed E-state index contributed by atoms with van der Waals surface area (Å²) >= 11 is 0. The van der Waals surface area contributed by atoms with Crippen molar-refractivity contribution in [3.63, 3.8) is 0 Å². The average Bonchev–Trinajstić information content (AvgIpc) is 3.04. The summed E-state index contributed by atoms with van der Waals surface area (Å²) in [4.78, 5) is 26.2. The third kappa shape index (κ3) is 4.03. The molecule has 0 saturated heterocycles. The van der Waals surface area contributed by atoms with Crippen LogP contribution in [0.2, 0.25) is 0 Å². The molecule has 0 aromatic heterocycles. The molecule has 1 aliphatic heterocycles. The van der Waals surface area contributed by atoms with Gasteiger partial charge in [0.15, 0.2) is 9.84 Å². The van der Waals surface area contributed by atoms with Gasteiger partial charge in [-0.15, -0.1) is 0 Å². The molecule has 6 nitrogen and oxygen atoms in total. The number of carbonyl (C=O) groups excluding carboxylic acids is 2. The van der Waals surface area contributed by atoms with E-state index in [4.69, 9.17) is 0 Å². The molecule has 0 aliphatic carbocycles. The van der Waals surface area contributed by atoms with Gasteiger partial charge in [0.25, 0.3) is 5.91 Å². The van der Waals surface area contributed by atoms with E-state index in [9.17, 15) is 18.0 Å². The summed E-state index contributed by atoms with van der Waals surface area (Å²) in [6.07, 6.45) is 1.90. The summed E-state index contributed by atoms with van der Waals surface area (Å²) < 4.78 is 23.1. The zero-order chi connectivity index (χ0) is 19.8. The van der Waals surface area contributed by atoms with Gasteiger partial charge < -0.3 is 10.2 Å². The van der Waals surface area contributed by atoms with Crippen molar-refractivity contribution in [1.82, 2.24) is 5.32 Å². The van der Waals surface area contributed by atoms with E-state index in [-0.39, 0.29) is 22.8 Å². The van der Waals surface area contributed by atoms with Gasteiger partial charge in [-0.1, -0.05) is 12.1 Å². The third-order valence-corrected chi connectivity index (χ3v) is 5.90. The van der Waals surface area contributed by atoms with Gasteiger partial charge in [0.05, 0.1) is 10.9 Å². The molecule has 2 aromatic carbocycles. The van der Waals surface area contributed by atoms with Crippen molar-refractivity contribution >= 4 is 27.3 Å². The highest BCUT2D eigenvalue weighted by molar-refractivity contribution is 7.90. The van der Waals surface area contributed by atoms with Crippen molar-refractivity contribution in [2.24, 2.45) is 0 Å². The van der Waals surface area contributed by atoms with Crippen LogP contribution in [0.3, 0.4) is 0 Å². The lowest BCUT2D eigenvalue weighted by Gasteiger charge is -2.16. The van der Waals surface area contributed by atoms with Gasteiger partial charge in [-0.2, -0.15) is 0 Å². The fourth-order valence-electron chi connectivity index (χ4n) is 3.24. The fraction of sp³-hybridized carbons (Fsp3) is 0.300. The van der Waals surface area contributed by atoms with E-state index in [1.165, 1.54) is 6.92 Å². The molecule has 3 rings (SSSR count). The number of sulfone groups is 1. The van der Waals surface area contributed by atoms with E-state index in [2.05, 4.69) is 5.32 Å². The maximum atomic E-state index is 12.6. The molecule has 7 heteroatoms. The Balaban J connectivity index is 1.73. The molecule has 142 valence electrons. The second-order valence-corrected chi connectivity index (χ2v) is 8.82. The Hall–Kier alpha value is -2.67. The molecule has 0 radical (unpaired) electrons. The first-order valence-electron chi connectivity index (χ1n) is 8.69. The molecule has 0 bridgehead atoms. The average molecular weight is 386 g/mol. The zero-order valence-corrected chi connectivity index (χ0v) is 16.3. The molecular weight excluding hydrogens is 364 g/mol. The lowest BCUT2D eigenvalue weighted by atomic mass is 10.1. The van der Waals surface area contributed by atoms with Crippen molar-refractivity contribution in [3.8, 4) is 0 Å². The van der Waals surface area contributed by atoms with Crippen LogP contribution >= 0.6 is 0 Å². The Bertz CT molecular complexity index is 997. The number of nitrogens with zero attached hydrogens (tertiary/aromatic N) is 1. The molecule has 1 heterocycles. The van der Waals surface area contributed by atoms with Crippen LogP contribution in [-0.4, -0.2) is 33.0 Å². The summed E-state index contributed by atoms with van der Waals surface area (Å²) in [7, 11) is -3.24. The summed E-state index contributed by atoms with van der Waals surface area (Å²) in [5.74, 6) is -0.212. The minimum Gasteiger partial charge on any atom is -0.346 e. The van der Waals surface area contributed by atoms with E-state index in [0.717, 1.165) is 29.5 Å². The van der Waals surface area contributed by atoms with E-state index in [0.29, 0.717) is 12.1 Å². The number of hydrogen-bond donors (Lipinski definition) is 1. The second-order valence-electron chi connectivity index (χ2n) is 6.80. The summed E-state index contributed by atoms with van der Waals surface area (Å²) in [6.45, 7) is 4.02. The topological polar surface area (TPSA) is 83.6 Å². The first-order chi connectivity index (χ1) is 12.7. The quantitative estimate of drug-likeness (QED) is 0.875. The summed E-state index contributed by atoms with van der Waals surface area (Å²) in [5, 5.41) is 2.93. The Morgan fingerprint density at radius 1 is 1.11 bits per heavy atom. The second kappa shape index (κ2) is 7.15. The van der Waals surface area contributed by atoms with Crippen LogP contribution in [0.4, 0.5) is 5.69 Å². The van der Waals surface area contributed by atoms with Gasteiger partial charge in [-0.25, -0.2) is 8.42 Å². The van der Waals surface area contributed by atoms with Crippen LogP contribution in [0.5, 0.6) is 0 Å². The van der Waals surface area contributed by atoms with Gasteiger partial charge in [-0.05, 0) is 54.8 Å². The van der Waals surface area contributed by atoms with Gasteiger partial charge in [-0.3, -0.25) is 9.59 Å². The largest absolute Gasteiger partial charge is 0.346 e. The van der Waals surface area contributed by atoms with E-state index in [1.807, 2.05) is 19.1 Å². The van der Waals surface area contributed by atoms with Crippen LogP contribution in [-0.2, 0) is 21.1 Å². The van der Waals surface area contributed by atoms with Crippen molar-refractivity contribution in [1.29, 1.82) is 0 Å². The molecule has 1 atom stereocenters. The van der Waals surface area contributed by atoms with Crippen LogP contribution in [0, 0.1) is 0 Å². The number of hydrogen-bond acceptors (Lipinski definition) is 4.